The van der Waals surface area contributed by atoms with E-state index in [0.717, 1.165) is 56.0 Å². The Bertz CT molecular complexity index is 804. The van der Waals surface area contributed by atoms with Gasteiger partial charge in [0, 0.05) is 30.9 Å². The zero-order chi connectivity index (χ0) is 18.4. The van der Waals surface area contributed by atoms with Gasteiger partial charge in [-0.2, -0.15) is 0 Å². The van der Waals surface area contributed by atoms with Gasteiger partial charge in [0.25, 0.3) is 0 Å². The highest BCUT2D eigenvalue weighted by Crippen LogP contribution is 2.16. The van der Waals surface area contributed by atoms with Crippen LogP contribution in [-0.2, 0) is 11.3 Å². The van der Waals surface area contributed by atoms with Crippen molar-refractivity contribution in [2.75, 3.05) is 18.0 Å². The summed E-state index contributed by atoms with van der Waals surface area (Å²) in [4.78, 5) is 22.7. The van der Waals surface area contributed by atoms with E-state index in [4.69, 9.17) is 0 Å². The summed E-state index contributed by atoms with van der Waals surface area (Å²) in [5.41, 5.74) is 0.0171. The molecule has 0 aliphatic carbocycles. The number of rotatable bonds is 5. The Morgan fingerprint density at radius 1 is 1.19 bits per heavy atom. The fraction of sp³-hybridized carbons (Fsp3) is 0.316. The summed E-state index contributed by atoms with van der Waals surface area (Å²) < 4.78 is 26.6. The van der Waals surface area contributed by atoms with Crippen molar-refractivity contribution in [3.05, 3.63) is 59.6 Å². The Kier molecular flexibility index (Phi) is 5.88. The Hall–Kier alpha value is -2.83. The summed E-state index contributed by atoms with van der Waals surface area (Å²) in [6.45, 7) is 2.12. The Labute approximate surface area is 150 Å². The Balaban J connectivity index is 1.57. The maximum atomic E-state index is 13.5. The van der Waals surface area contributed by atoms with E-state index in [1.54, 1.807) is 6.20 Å². The topological polar surface area (TPSA) is 58.1 Å². The molecular formula is C19H20F2N4O. The molecule has 3 rings (SSSR count). The van der Waals surface area contributed by atoms with E-state index >= 15 is 0 Å². The van der Waals surface area contributed by atoms with Gasteiger partial charge in [-0.05, 0) is 49.6 Å². The number of nitrogens with one attached hydrogen (secondary N) is 1. The molecule has 1 saturated heterocycles. The van der Waals surface area contributed by atoms with E-state index in [0.29, 0.717) is 5.82 Å². The second kappa shape index (κ2) is 8.51. The van der Waals surface area contributed by atoms with Crippen molar-refractivity contribution in [2.45, 2.75) is 25.8 Å². The fourth-order valence-electron chi connectivity index (χ4n) is 2.81. The number of carbonyl (C=O) groups is 1. The average molecular weight is 358 g/mol. The molecule has 1 aromatic heterocycles. The number of piperidine rings is 1. The minimum absolute atomic E-state index is 0.0171. The van der Waals surface area contributed by atoms with Crippen LogP contribution in [0.3, 0.4) is 0 Å². The van der Waals surface area contributed by atoms with Gasteiger partial charge in [0.05, 0.1) is 6.54 Å². The zero-order valence-electron chi connectivity index (χ0n) is 14.3. The second-order valence-electron chi connectivity index (χ2n) is 6.10. The number of anilines is 1. The molecule has 5 nitrogen and oxygen atoms in total. The van der Waals surface area contributed by atoms with Crippen LogP contribution in [0.1, 0.15) is 30.7 Å². The third-order valence-corrected chi connectivity index (χ3v) is 4.16. The van der Waals surface area contributed by atoms with E-state index in [1.807, 2.05) is 6.07 Å². The number of amides is 1. The lowest BCUT2D eigenvalue weighted by Gasteiger charge is -2.27. The van der Waals surface area contributed by atoms with Crippen LogP contribution in [0.4, 0.5) is 14.6 Å². The zero-order valence-corrected chi connectivity index (χ0v) is 14.3. The lowest BCUT2D eigenvalue weighted by molar-refractivity contribution is -0.116. The van der Waals surface area contributed by atoms with Gasteiger partial charge in [-0.3, -0.25) is 4.79 Å². The van der Waals surface area contributed by atoms with Gasteiger partial charge >= 0.3 is 0 Å². The second-order valence-corrected chi connectivity index (χ2v) is 6.10. The van der Waals surface area contributed by atoms with Crippen LogP contribution in [0.25, 0.3) is 6.08 Å². The third-order valence-electron chi connectivity index (χ3n) is 4.16. The lowest BCUT2D eigenvalue weighted by atomic mass is 10.1. The number of halogens is 2. The Morgan fingerprint density at radius 3 is 2.81 bits per heavy atom. The van der Waals surface area contributed by atoms with Crippen molar-refractivity contribution >= 4 is 17.8 Å². The van der Waals surface area contributed by atoms with Crippen molar-refractivity contribution in [3.8, 4) is 0 Å². The van der Waals surface area contributed by atoms with Gasteiger partial charge in [-0.25, -0.2) is 18.7 Å². The number of benzene rings is 1. The number of carbonyl (C=O) groups excluding carboxylic acids is 1. The van der Waals surface area contributed by atoms with Gasteiger partial charge in [-0.1, -0.05) is 0 Å². The first kappa shape index (κ1) is 18.0. The summed E-state index contributed by atoms with van der Waals surface area (Å²) >= 11 is 0. The van der Waals surface area contributed by atoms with Crippen molar-refractivity contribution in [2.24, 2.45) is 0 Å². The van der Waals surface area contributed by atoms with Gasteiger partial charge in [-0.15, -0.1) is 0 Å². The molecule has 0 radical (unpaired) electrons. The normalized spacial score (nSPS) is 14.6. The van der Waals surface area contributed by atoms with Gasteiger partial charge in [0.1, 0.15) is 23.3 Å². The highest BCUT2D eigenvalue weighted by atomic mass is 19.1. The maximum Gasteiger partial charge on any atom is 0.244 e. The van der Waals surface area contributed by atoms with E-state index < -0.39 is 17.5 Å². The van der Waals surface area contributed by atoms with Gasteiger partial charge in [0.2, 0.25) is 5.91 Å². The summed E-state index contributed by atoms with van der Waals surface area (Å²) in [5.74, 6) is -0.212. The minimum atomic E-state index is -0.590. The van der Waals surface area contributed by atoms with Crippen molar-refractivity contribution in [1.29, 1.82) is 0 Å². The van der Waals surface area contributed by atoms with E-state index in [-0.39, 0.29) is 12.1 Å². The smallest absolute Gasteiger partial charge is 0.244 e. The van der Waals surface area contributed by atoms with Gasteiger partial charge < -0.3 is 10.2 Å². The summed E-state index contributed by atoms with van der Waals surface area (Å²) in [6, 6.07) is 4.94. The van der Waals surface area contributed by atoms with Crippen molar-refractivity contribution < 1.29 is 13.6 Å². The highest BCUT2D eigenvalue weighted by Gasteiger charge is 2.12. The van der Waals surface area contributed by atoms with Crippen LogP contribution in [0.5, 0.6) is 0 Å². The van der Waals surface area contributed by atoms with Crippen LogP contribution < -0.4 is 10.2 Å². The number of nitrogens with zero attached hydrogens (tertiary/aromatic N) is 3. The van der Waals surface area contributed by atoms with Crippen LogP contribution in [0, 0.1) is 11.6 Å². The Morgan fingerprint density at radius 2 is 2.00 bits per heavy atom. The number of hydrogen-bond donors (Lipinski definition) is 1. The molecule has 0 bridgehead atoms. The molecule has 2 aromatic rings. The van der Waals surface area contributed by atoms with Crippen LogP contribution in [-0.4, -0.2) is 29.0 Å². The quantitative estimate of drug-likeness (QED) is 0.835. The standard InChI is InChI=1S/C19H20F2N4O/c20-15-5-6-16(21)14(12-15)4-7-19(26)23-13-17-22-9-8-18(24-17)25-10-2-1-3-11-25/h4-9,12H,1-3,10-11,13H2,(H,23,26)/b7-4+. The SMILES string of the molecule is O=C(/C=C/c1cc(F)ccc1F)NCc1nccc(N2CCCCC2)n1. The van der Waals surface area contributed by atoms with E-state index in [9.17, 15) is 13.6 Å². The largest absolute Gasteiger partial charge is 0.357 e. The molecule has 1 N–H and O–H groups in total. The maximum absolute atomic E-state index is 13.5. The molecule has 1 amide bonds. The molecule has 1 aliphatic heterocycles. The van der Waals surface area contributed by atoms with Crippen molar-refractivity contribution in [1.82, 2.24) is 15.3 Å². The average Bonchev–Trinajstić information content (AvgIpc) is 2.68. The van der Waals surface area contributed by atoms with E-state index in [1.165, 1.54) is 12.5 Å². The predicted octanol–water partition coefficient (Wildman–Crippen LogP) is 3.07. The van der Waals surface area contributed by atoms with Crippen LogP contribution >= 0.6 is 0 Å². The molecule has 2 heterocycles. The third kappa shape index (κ3) is 4.84. The highest BCUT2D eigenvalue weighted by molar-refractivity contribution is 5.91. The molecule has 0 atom stereocenters. The molecule has 1 aromatic carbocycles. The molecule has 26 heavy (non-hydrogen) atoms. The first-order valence-corrected chi connectivity index (χ1v) is 8.60. The van der Waals surface area contributed by atoms with E-state index in [2.05, 4.69) is 20.2 Å². The first-order chi connectivity index (χ1) is 12.6. The van der Waals surface area contributed by atoms with Crippen LogP contribution in [0.2, 0.25) is 0 Å². The summed E-state index contributed by atoms with van der Waals surface area (Å²) in [5, 5.41) is 2.65. The lowest BCUT2D eigenvalue weighted by Crippen LogP contribution is -2.30. The fourth-order valence-corrected chi connectivity index (χ4v) is 2.81. The molecule has 1 aliphatic rings. The summed E-state index contributed by atoms with van der Waals surface area (Å²) in [7, 11) is 0. The molecular weight excluding hydrogens is 338 g/mol. The van der Waals surface area contributed by atoms with Crippen molar-refractivity contribution in [3.63, 3.8) is 0 Å². The molecule has 0 saturated carbocycles. The number of hydrogen-bond acceptors (Lipinski definition) is 4. The molecule has 0 spiro atoms. The molecule has 7 heteroatoms. The summed E-state index contributed by atoms with van der Waals surface area (Å²) in [6.07, 6.45) is 7.61. The molecule has 1 fully saturated rings. The molecule has 136 valence electrons. The minimum Gasteiger partial charge on any atom is -0.357 e. The monoisotopic (exact) mass is 358 g/mol. The first-order valence-electron chi connectivity index (χ1n) is 8.60. The van der Waals surface area contributed by atoms with Crippen LogP contribution in [0.15, 0.2) is 36.5 Å². The van der Waals surface area contributed by atoms with Gasteiger partial charge in [0.15, 0.2) is 0 Å². The number of aromatic nitrogens is 2. The molecule has 0 unspecified atom stereocenters. The predicted molar refractivity (Wildman–Crippen MR) is 95.3 cm³/mol.